The Kier molecular flexibility index (Phi) is 7.02. The first kappa shape index (κ1) is 23.5. The molecule has 0 saturated heterocycles. The lowest BCUT2D eigenvalue weighted by molar-refractivity contribution is -0.137. The van der Waals surface area contributed by atoms with E-state index in [-0.39, 0.29) is 17.8 Å². The van der Waals surface area contributed by atoms with Crippen molar-refractivity contribution < 1.29 is 30.6 Å². The van der Waals surface area contributed by atoms with Gasteiger partial charge in [-0.1, -0.05) is 18.2 Å². The van der Waals surface area contributed by atoms with Gasteiger partial charge in [-0.25, -0.2) is 4.79 Å². The minimum absolute atomic E-state index is 0.0498. The van der Waals surface area contributed by atoms with Crippen molar-refractivity contribution >= 4 is 16.1 Å². The number of hydrogen-bond donors (Lipinski definition) is 0. The Morgan fingerprint density at radius 3 is 2.17 bits per heavy atom. The van der Waals surface area contributed by atoms with Gasteiger partial charge in [0.1, 0.15) is 10.6 Å². The molecule has 10 heteroatoms. The van der Waals surface area contributed by atoms with E-state index in [4.69, 9.17) is 4.18 Å². The first-order valence-electron chi connectivity index (χ1n) is 9.00. The number of rotatable bonds is 6. The van der Waals surface area contributed by atoms with Crippen LogP contribution in [0, 0.1) is 0 Å². The molecule has 0 unspecified atom stereocenters. The third kappa shape index (κ3) is 5.88. The van der Waals surface area contributed by atoms with E-state index >= 15 is 0 Å². The smallest absolute Gasteiger partial charge is 0.379 e. The number of urea groups is 1. The van der Waals surface area contributed by atoms with Gasteiger partial charge in [0.15, 0.2) is 0 Å². The standard InChI is InChI=1S/C20H23F3N2O4S/c1-14(2)25(19(26)24(3)4)13-15-8-10-17(11-9-15)29-30(27,28)18-7-5-6-16(12-18)20(21,22)23/h5-12,14H,13H2,1-4H3. The Balaban J connectivity index is 2.18. The molecule has 6 nitrogen and oxygen atoms in total. The monoisotopic (exact) mass is 444 g/mol. The first-order chi connectivity index (χ1) is 13.8. The lowest BCUT2D eigenvalue weighted by Crippen LogP contribution is -2.42. The average molecular weight is 444 g/mol. The minimum atomic E-state index is -4.67. The third-order valence-corrected chi connectivity index (χ3v) is 5.43. The van der Waals surface area contributed by atoms with Crippen molar-refractivity contribution in [2.45, 2.75) is 37.5 Å². The summed E-state index contributed by atoms with van der Waals surface area (Å²) in [7, 11) is -1.15. The number of nitrogens with zero attached hydrogens (tertiary/aromatic N) is 2. The lowest BCUT2D eigenvalue weighted by Gasteiger charge is -2.29. The number of amides is 2. The van der Waals surface area contributed by atoms with E-state index in [9.17, 15) is 26.4 Å². The van der Waals surface area contributed by atoms with Crippen LogP contribution in [0.1, 0.15) is 25.0 Å². The first-order valence-corrected chi connectivity index (χ1v) is 10.4. The van der Waals surface area contributed by atoms with Gasteiger partial charge in [0.25, 0.3) is 0 Å². The number of benzene rings is 2. The van der Waals surface area contributed by atoms with E-state index in [0.29, 0.717) is 12.6 Å². The summed E-state index contributed by atoms with van der Waals surface area (Å²) in [5.41, 5.74) is -0.343. The number of carbonyl (C=O) groups is 1. The second-order valence-electron chi connectivity index (χ2n) is 7.11. The van der Waals surface area contributed by atoms with Crippen LogP contribution in [-0.2, 0) is 22.8 Å². The summed E-state index contributed by atoms with van der Waals surface area (Å²) in [6, 6.07) is 9.08. The number of hydrogen-bond acceptors (Lipinski definition) is 4. The predicted octanol–water partition coefficient (Wildman–Crippen LogP) is 4.37. The van der Waals surface area contributed by atoms with Gasteiger partial charge in [0.05, 0.1) is 5.56 Å². The molecule has 0 radical (unpaired) electrons. The molecule has 2 aromatic rings. The van der Waals surface area contributed by atoms with Crippen LogP contribution in [0.4, 0.5) is 18.0 Å². The Hall–Kier alpha value is -2.75. The van der Waals surface area contributed by atoms with Crippen LogP contribution in [0.5, 0.6) is 5.75 Å². The van der Waals surface area contributed by atoms with Crippen LogP contribution >= 0.6 is 0 Å². The van der Waals surface area contributed by atoms with Crippen molar-refractivity contribution in [3.63, 3.8) is 0 Å². The van der Waals surface area contributed by atoms with Crippen LogP contribution in [0.25, 0.3) is 0 Å². The summed E-state index contributed by atoms with van der Waals surface area (Å²) in [6.07, 6.45) is -4.67. The molecule has 0 spiro atoms. The Bertz CT molecular complexity index is 988. The van der Waals surface area contributed by atoms with Gasteiger partial charge in [-0.2, -0.15) is 21.6 Å². The van der Waals surface area contributed by atoms with Crippen molar-refractivity contribution in [3.05, 3.63) is 59.7 Å². The fraction of sp³-hybridized carbons (Fsp3) is 0.350. The van der Waals surface area contributed by atoms with E-state index in [1.54, 1.807) is 31.1 Å². The van der Waals surface area contributed by atoms with Crippen LogP contribution in [-0.4, -0.2) is 44.4 Å². The van der Waals surface area contributed by atoms with Crippen molar-refractivity contribution in [2.75, 3.05) is 14.1 Å². The number of carbonyl (C=O) groups excluding carboxylic acids is 1. The summed E-state index contributed by atoms with van der Waals surface area (Å²) in [4.78, 5) is 14.8. The molecule has 0 bridgehead atoms. The molecule has 0 fully saturated rings. The maximum Gasteiger partial charge on any atom is 0.416 e. The molecular weight excluding hydrogens is 421 g/mol. The second-order valence-corrected chi connectivity index (χ2v) is 8.65. The molecule has 2 aromatic carbocycles. The van der Waals surface area contributed by atoms with Gasteiger partial charge >= 0.3 is 22.3 Å². The molecule has 0 aliphatic heterocycles. The van der Waals surface area contributed by atoms with E-state index < -0.39 is 26.8 Å². The summed E-state index contributed by atoms with van der Waals surface area (Å²) < 4.78 is 68.1. The highest BCUT2D eigenvalue weighted by atomic mass is 32.2. The van der Waals surface area contributed by atoms with E-state index in [2.05, 4.69) is 0 Å². The summed E-state index contributed by atoms with van der Waals surface area (Å²) in [6.45, 7) is 4.05. The molecule has 30 heavy (non-hydrogen) atoms. The minimum Gasteiger partial charge on any atom is -0.379 e. The highest BCUT2D eigenvalue weighted by molar-refractivity contribution is 7.87. The highest BCUT2D eigenvalue weighted by Gasteiger charge is 2.32. The van der Waals surface area contributed by atoms with Crippen LogP contribution in [0.2, 0.25) is 0 Å². The van der Waals surface area contributed by atoms with Crippen molar-refractivity contribution in [3.8, 4) is 5.75 Å². The maximum atomic E-state index is 12.8. The SMILES string of the molecule is CC(C)N(Cc1ccc(OS(=O)(=O)c2cccc(C(F)(F)F)c2)cc1)C(=O)N(C)C. The van der Waals surface area contributed by atoms with Crippen molar-refractivity contribution in [1.29, 1.82) is 0 Å². The molecular formula is C20H23F3N2O4S. The Morgan fingerprint density at radius 2 is 1.67 bits per heavy atom. The number of alkyl halides is 3. The predicted molar refractivity (Wildman–Crippen MR) is 105 cm³/mol. The lowest BCUT2D eigenvalue weighted by atomic mass is 10.2. The fourth-order valence-electron chi connectivity index (χ4n) is 2.58. The molecule has 0 N–H and O–H groups in total. The second kappa shape index (κ2) is 8.95. The molecule has 0 saturated carbocycles. The normalized spacial score (nSPS) is 12.0. The molecule has 164 valence electrons. The number of halogens is 3. The van der Waals surface area contributed by atoms with Crippen molar-refractivity contribution in [1.82, 2.24) is 9.80 Å². The highest BCUT2D eigenvalue weighted by Crippen LogP contribution is 2.31. The molecule has 0 atom stereocenters. The summed E-state index contributed by atoms with van der Waals surface area (Å²) in [5.74, 6) is -0.0498. The fourth-order valence-corrected chi connectivity index (χ4v) is 3.56. The zero-order chi connectivity index (χ0) is 22.7. The Morgan fingerprint density at radius 1 is 1.07 bits per heavy atom. The Labute approximate surface area is 174 Å². The maximum absolute atomic E-state index is 12.8. The molecule has 2 amide bonds. The van der Waals surface area contributed by atoms with Gasteiger partial charge < -0.3 is 14.0 Å². The van der Waals surface area contributed by atoms with Crippen LogP contribution in [0.15, 0.2) is 53.4 Å². The zero-order valence-electron chi connectivity index (χ0n) is 17.0. The largest absolute Gasteiger partial charge is 0.416 e. The zero-order valence-corrected chi connectivity index (χ0v) is 17.8. The van der Waals surface area contributed by atoms with Crippen LogP contribution in [0.3, 0.4) is 0 Å². The van der Waals surface area contributed by atoms with Gasteiger partial charge in [0, 0.05) is 26.7 Å². The van der Waals surface area contributed by atoms with E-state index in [0.717, 1.165) is 23.8 Å². The molecule has 0 aromatic heterocycles. The summed E-state index contributed by atoms with van der Waals surface area (Å²) >= 11 is 0. The molecule has 0 aliphatic rings. The van der Waals surface area contributed by atoms with Gasteiger partial charge in [-0.15, -0.1) is 0 Å². The van der Waals surface area contributed by atoms with Gasteiger partial charge in [0.2, 0.25) is 0 Å². The van der Waals surface area contributed by atoms with Gasteiger partial charge in [-0.3, -0.25) is 0 Å². The van der Waals surface area contributed by atoms with Gasteiger partial charge in [-0.05, 0) is 49.7 Å². The quantitative estimate of drug-likeness (QED) is 0.621. The average Bonchev–Trinajstić information content (AvgIpc) is 2.65. The van der Waals surface area contributed by atoms with E-state index in [1.807, 2.05) is 13.8 Å². The topological polar surface area (TPSA) is 66.9 Å². The summed E-state index contributed by atoms with van der Waals surface area (Å²) in [5, 5.41) is 0. The third-order valence-electron chi connectivity index (χ3n) is 4.18. The molecule has 0 heterocycles. The van der Waals surface area contributed by atoms with Crippen molar-refractivity contribution in [2.24, 2.45) is 0 Å². The molecule has 0 aliphatic carbocycles. The molecule has 2 rings (SSSR count). The van der Waals surface area contributed by atoms with E-state index in [1.165, 1.54) is 17.0 Å². The van der Waals surface area contributed by atoms with Crippen LogP contribution < -0.4 is 4.18 Å².